The highest BCUT2D eigenvalue weighted by Gasteiger charge is 2.16. The summed E-state index contributed by atoms with van der Waals surface area (Å²) in [6, 6.07) is 14.6. The topological polar surface area (TPSA) is 73.1 Å². The summed E-state index contributed by atoms with van der Waals surface area (Å²) < 4.78 is 1.98. The summed E-state index contributed by atoms with van der Waals surface area (Å²) >= 11 is 0. The van der Waals surface area contributed by atoms with Gasteiger partial charge in [0.05, 0.1) is 6.54 Å². The molecule has 0 radical (unpaired) electrons. The Morgan fingerprint density at radius 2 is 1.61 bits per heavy atom. The van der Waals surface area contributed by atoms with E-state index in [-0.39, 0.29) is 0 Å². The zero-order valence-electron chi connectivity index (χ0n) is 18.5. The van der Waals surface area contributed by atoms with Crippen LogP contribution in [-0.4, -0.2) is 70.1 Å². The maximum atomic E-state index is 4.37. The number of guanidine groups is 1. The predicted molar refractivity (Wildman–Crippen MR) is 124 cm³/mol. The number of piperazine rings is 1. The minimum absolute atomic E-state index is 0.550. The van der Waals surface area contributed by atoms with Crippen LogP contribution in [0.1, 0.15) is 23.9 Å². The number of hydrogen-bond acceptors (Lipinski definition) is 5. The molecule has 164 valence electrons. The number of likely N-dealkylation sites (N-methyl/N-ethyl adjacent to an activating group) is 1. The molecule has 0 atom stereocenters. The lowest BCUT2D eigenvalue weighted by Gasteiger charge is -2.34. The molecule has 0 bridgehead atoms. The van der Waals surface area contributed by atoms with Gasteiger partial charge >= 0.3 is 0 Å². The Hall–Kier alpha value is -2.97. The van der Waals surface area contributed by atoms with Crippen molar-refractivity contribution in [2.45, 2.75) is 26.6 Å². The average molecular weight is 421 g/mol. The molecule has 1 aliphatic heterocycles. The van der Waals surface area contributed by atoms with Crippen LogP contribution in [0, 0.1) is 0 Å². The predicted octanol–water partition coefficient (Wildman–Crippen LogP) is 1.73. The molecule has 2 N–H and O–H groups in total. The fourth-order valence-corrected chi connectivity index (χ4v) is 3.96. The zero-order valence-corrected chi connectivity index (χ0v) is 18.5. The molecule has 8 heteroatoms. The molecule has 1 fully saturated rings. The Morgan fingerprint density at radius 3 is 2.39 bits per heavy atom. The van der Waals surface area contributed by atoms with Gasteiger partial charge in [0.1, 0.15) is 0 Å². The monoisotopic (exact) mass is 420 g/mol. The summed E-state index contributed by atoms with van der Waals surface area (Å²) in [5.74, 6) is 1.60. The van der Waals surface area contributed by atoms with Crippen LogP contribution in [0.5, 0.6) is 0 Å². The van der Waals surface area contributed by atoms with Gasteiger partial charge in [-0.1, -0.05) is 37.3 Å². The van der Waals surface area contributed by atoms with Crippen molar-refractivity contribution >= 4 is 11.6 Å². The van der Waals surface area contributed by atoms with Gasteiger partial charge in [-0.25, -0.2) is 0 Å². The molecule has 1 aliphatic rings. The van der Waals surface area contributed by atoms with Crippen molar-refractivity contribution in [1.82, 2.24) is 35.0 Å². The first-order valence-corrected chi connectivity index (χ1v) is 11.0. The van der Waals surface area contributed by atoms with Gasteiger partial charge in [0.2, 0.25) is 0 Å². The second-order valence-electron chi connectivity index (χ2n) is 7.80. The molecule has 31 heavy (non-hydrogen) atoms. The van der Waals surface area contributed by atoms with Crippen molar-refractivity contribution in [3.05, 3.63) is 65.6 Å². The Bertz CT molecular complexity index is 1000. The number of pyridine rings is 1. The highest BCUT2D eigenvalue weighted by atomic mass is 15.3. The minimum atomic E-state index is 0.550. The van der Waals surface area contributed by atoms with Crippen molar-refractivity contribution in [3.8, 4) is 0 Å². The summed E-state index contributed by atoms with van der Waals surface area (Å²) in [5, 5.41) is 15.3. The third kappa shape index (κ3) is 5.39. The Labute approximate surface area is 184 Å². The third-order valence-electron chi connectivity index (χ3n) is 5.89. The van der Waals surface area contributed by atoms with Crippen LogP contribution in [0.2, 0.25) is 0 Å². The van der Waals surface area contributed by atoms with Gasteiger partial charge in [-0.2, -0.15) is 0 Å². The number of nitrogens with one attached hydrogen (secondary N) is 2. The molecule has 2 aromatic heterocycles. The van der Waals surface area contributed by atoms with Gasteiger partial charge in [0.15, 0.2) is 17.4 Å². The largest absolute Gasteiger partial charge is 0.352 e. The fourth-order valence-electron chi connectivity index (χ4n) is 3.96. The van der Waals surface area contributed by atoms with Gasteiger partial charge in [0, 0.05) is 52.5 Å². The summed E-state index contributed by atoms with van der Waals surface area (Å²) in [6.45, 7) is 10.2. The van der Waals surface area contributed by atoms with E-state index in [1.807, 2.05) is 28.8 Å². The van der Waals surface area contributed by atoms with Gasteiger partial charge in [0.25, 0.3) is 0 Å². The molecule has 4 rings (SSSR count). The van der Waals surface area contributed by atoms with Crippen LogP contribution in [0.4, 0.5) is 0 Å². The number of nitrogens with zero attached hydrogens (tertiary/aromatic N) is 6. The number of hydrogen-bond donors (Lipinski definition) is 2. The summed E-state index contributed by atoms with van der Waals surface area (Å²) in [6.07, 6.45) is 1.97. The fraction of sp³-hybridized carbons (Fsp3) is 0.435. The molecule has 0 saturated carbocycles. The molecule has 0 spiro atoms. The second-order valence-corrected chi connectivity index (χ2v) is 7.80. The molecule has 3 aromatic rings. The third-order valence-corrected chi connectivity index (χ3v) is 5.89. The van der Waals surface area contributed by atoms with Gasteiger partial charge in [-0.05, 0) is 29.8 Å². The quantitative estimate of drug-likeness (QED) is 0.448. The minimum Gasteiger partial charge on any atom is -0.352 e. The van der Waals surface area contributed by atoms with Crippen LogP contribution in [-0.2, 0) is 19.6 Å². The highest BCUT2D eigenvalue weighted by molar-refractivity contribution is 5.79. The summed E-state index contributed by atoms with van der Waals surface area (Å²) in [7, 11) is 1.79. The molecule has 1 saturated heterocycles. The molecule has 0 aliphatic carbocycles. The van der Waals surface area contributed by atoms with Gasteiger partial charge < -0.3 is 15.5 Å². The Kier molecular flexibility index (Phi) is 7.11. The summed E-state index contributed by atoms with van der Waals surface area (Å²) in [5.41, 5.74) is 3.52. The second kappa shape index (κ2) is 10.4. The van der Waals surface area contributed by atoms with Crippen molar-refractivity contribution in [1.29, 1.82) is 0 Å². The van der Waals surface area contributed by atoms with E-state index in [0.717, 1.165) is 63.2 Å². The van der Waals surface area contributed by atoms with Crippen LogP contribution >= 0.6 is 0 Å². The van der Waals surface area contributed by atoms with E-state index in [9.17, 15) is 0 Å². The number of fused-ring (bicyclic) bond motifs is 1. The molecular weight excluding hydrogens is 388 g/mol. The molecule has 8 nitrogen and oxygen atoms in total. The maximum Gasteiger partial charge on any atom is 0.191 e. The zero-order chi connectivity index (χ0) is 21.5. The van der Waals surface area contributed by atoms with Gasteiger partial charge in [-0.15, -0.1) is 10.2 Å². The van der Waals surface area contributed by atoms with E-state index in [0.29, 0.717) is 6.54 Å². The molecule has 0 amide bonds. The van der Waals surface area contributed by atoms with E-state index in [1.54, 1.807) is 7.05 Å². The SMILES string of the molecule is CCN1CCN(Cc2ccccc2CNC(=NC)NCc2nnc3ccccn23)CC1. The standard InChI is InChI=1S/C23H32N8/c1-3-29-12-14-30(15-13-29)18-20-9-5-4-8-19(20)16-25-23(24-2)26-17-22-28-27-21-10-6-7-11-31(21)22/h4-11H,3,12-18H2,1-2H3,(H2,24,25,26). The van der Waals surface area contributed by atoms with Crippen LogP contribution < -0.4 is 10.6 Å². The van der Waals surface area contributed by atoms with Crippen LogP contribution in [0.3, 0.4) is 0 Å². The average Bonchev–Trinajstić information content (AvgIpc) is 3.24. The first-order chi connectivity index (χ1) is 15.3. The molecule has 1 aromatic carbocycles. The normalized spacial score (nSPS) is 16.0. The van der Waals surface area contributed by atoms with Crippen LogP contribution in [0.15, 0.2) is 53.7 Å². The van der Waals surface area contributed by atoms with E-state index in [4.69, 9.17) is 0 Å². The molecule has 3 heterocycles. The lowest BCUT2D eigenvalue weighted by atomic mass is 10.1. The smallest absolute Gasteiger partial charge is 0.191 e. The number of rotatable bonds is 7. The number of benzene rings is 1. The van der Waals surface area contributed by atoms with Crippen molar-refractivity contribution in [2.24, 2.45) is 4.99 Å². The number of aromatic nitrogens is 3. The summed E-state index contributed by atoms with van der Waals surface area (Å²) in [4.78, 5) is 9.43. The first-order valence-electron chi connectivity index (χ1n) is 11.0. The lowest BCUT2D eigenvalue weighted by Crippen LogP contribution is -2.45. The Morgan fingerprint density at radius 1 is 0.903 bits per heavy atom. The Balaban J connectivity index is 1.32. The van der Waals surface area contributed by atoms with E-state index in [2.05, 4.69) is 66.8 Å². The van der Waals surface area contributed by atoms with Crippen molar-refractivity contribution in [2.75, 3.05) is 39.8 Å². The molecular formula is C23H32N8. The lowest BCUT2D eigenvalue weighted by molar-refractivity contribution is 0.131. The highest BCUT2D eigenvalue weighted by Crippen LogP contribution is 2.13. The van der Waals surface area contributed by atoms with E-state index < -0.39 is 0 Å². The maximum absolute atomic E-state index is 4.37. The number of aliphatic imine (C=N–C) groups is 1. The van der Waals surface area contributed by atoms with Crippen molar-refractivity contribution in [3.63, 3.8) is 0 Å². The van der Waals surface area contributed by atoms with Crippen LogP contribution in [0.25, 0.3) is 5.65 Å². The first kappa shape index (κ1) is 21.3. The van der Waals surface area contributed by atoms with Gasteiger partial charge in [-0.3, -0.25) is 14.3 Å². The van der Waals surface area contributed by atoms with Crippen molar-refractivity contribution < 1.29 is 0 Å². The van der Waals surface area contributed by atoms with E-state index in [1.165, 1.54) is 11.1 Å². The van der Waals surface area contributed by atoms with E-state index >= 15 is 0 Å². The molecule has 0 unspecified atom stereocenters.